The molecule has 0 spiro atoms. The first-order valence-electron chi connectivity index (χ1n) is 11.2. The molecule has 0 saturated heterocycles. The van der Waals surface area contributed by atoms with Gasteiger partial charge in [-0.05, 0) is 50.1 Å². The second-order valence-corrected chi connectivity index (χ2v) is 9.02. The lowest BCUT2D eigenvalue weighted by Gasteiger charge is -2.30. The summed E-state index contributed by atoms with van der Waals surface area (Å²) in [6, 6.07) is -0.331. The van der Waals surface area contributed by atoms with Gasteiger partial charge in [0.2, 0.25) is 12.3 Å². The van der Waals surface area contributed by atoms with Crippen LogP contribution in [0.5, 0.6) is 0 Å². The SMILES string of the molecule is C=CCNC(=O)C(=C)C(CCCCNC)CC1CCC1.CC(C)(C)C(N)C=O.NC=O. The number of carbonyl (C=O) groups is 3. The third kappa shape index (κ3) is 16.4. The molecule has 0 heterocycles. The van der Waals surface area contributed by atoms with Crippen molar-refractivity contribution in [1.29, 1.82) is 0 Å². The van der Waals surface area contributed by atoms with Crippen LogP contribution in [0, 0.1) is 17.3 Å². The highest BCUT2D eigenvalue weighted by molar-refractivity contribution is 5.93. The van der Waals surface area contributed by atoms with E-state index in [9.17, 15) is 9.59 Å². The molecule has 7 heteroatoms. The van der Waals surface area contributed by atoms with Gasteiger partial charge in [0.25, 0.3) is 0 Å². The number of rotatable bonds is 12. The number of aldehydes is 1. The molecule has 1 saturated carbocycles. The van der Waals surface area contributed by atoms with Gasteiger partial charge in [-0.15, -0.1) is 6.58 Å². The van der Waals surface area contributed by atoms with Crippen LogP contribution in [0.15, 0.2) is 24.8 Å². The summed E-state index contributed by atoms with van der Waals surface area (Å²) in [6.45, 7) is 15.1. The van der Waals surface area contributed by atoms with E-state index in [2.05, 4.69) is 29.5 Å². The zero-order valence-corrected chi connectivity index (χ0v) is 20.1. The fourth-order valence-corrected chi connectivity index (χ4v) is 2.93. The third-order valence-electron chi connectivity index (χ3n) is 5.41. The third-order valence-corrected chi connectivity index (χ3v) is 5.41. The molecule has 6 N–H and O–H groups in total. The molecule has 1 rings (SSSR count). The summed E-state index contributed by atoms with van der Waals surface area (Å²) in [6.07, 6.45) is 11.3. The van der Waals surface area contributed by atoms with E-state index >= 15 is 0 Å². The Morgan fingerprint density at radius 1 is 1.23 bits per heavy atom. The molecule has 0 bridgehead atoms. The maximum atomic E-state index is 12.0. The van der Waals surface area contributed by atoms with Gasteiger partial charge in [-0.1, -0.05) is 59.1 Å². The summed E-state index contributed by atoms with van der Waals surface area (Å²) >= 11 is 0. The van der Waals surface area contributed by atoms with Gasteiger partial charge in [0.1, 0.15) is 6.29 Å². The van der Waals surface area contributed by atoms with E-state index in [0.29, 0.717) is 12.5 Å². The molecule has 2 amide bonds. The number of nitrogens with one attached hydrogen (secondary N) is 2. The largest absolute Gasteiger partial charge is 0.372 e. The van der Waals surface area contributed by atoms with Gasteiger partial charge < -0.3 is 26.9 Å². The van der Waals surface area contributed by atoms with Crippen LogP contribution in [0.2, 0.25) is 0 Å². The van der Waals surface area contributed by atoms with Crippen LogP contribution in [0.1, 0.15) is 65.7 Å². The maximum Gasteiger partial charge on any atom is 0.247 e. The summed E-state index contributed by atoms with van der Waals surface area (Å²) < 4.78 is 0. The normalized spacial score (nSPS) is 14.9. The van der Waals surface area contributed by atoms with Crippen LogP contribution in [0.25, 0.3) is 0 Å². The Kier molecular flexibility index (Phi) is 18.9. The molecule has 0 aromatic heterocycles. The highest BCUT2D eigenvalue weighted by Crippen LogP contribution is 2.36. The fraction of sp³-hybridized carbons (Fsp3) is 0.708. The van der Waals surface area contributed by atoms with Gasteiger partial charge >= 0.3 is 0 Å². The van der Waals surface area contributed by atoms with Crippen molar-refractivity contribution in [2.24, 2.45) is 28.7 Å². The Bertz CT molecular complexity index is 525. The zero-order chi connectivity index (χ0) is 24.3. The van der Waals surface area contributed by atoms with Gasteiger partial charge in [-0.3, -0.25) is 9.59 Å². The molecule has 2 atom stereocenters. The lowest BCUT2D eigenvalue weighted by Crippen LogP contribution is -2.36. The fourth-order valence-electron chi connectivity index (χ4n) is 2.93. The molecule has 180 valence electrons. The molecule has 1 fully saturated rings. The van der Waals surface area contributed by atoms with Crippen LogP contribution in [-0.2, 0) is 14.4 Å². The summed E-state index contributed by atoms with van der Waals surface area (Å²) in [5.41, 5.74) is 10.2. The Morgan fingerprint density at radius 3 is 2.16 bits per heavy atom. The summed E-state index contributed by atoms with van der Waals surface area (Å²) in [5.74, 6) is 1.16. The molecule has 1 aliphatic rings. The number of hydrogen-bond acceptors (Lipinski definition) is 5. The zero-order valence-electron chi connectivity index (χ0n) is 20.1. The number of carbonyl (C=O) groups excluding carboxylic acids is 3. The highest BCUT2D eigenvalue weighted by Gasteiger charge is 2.25. The van der Waals surface area contributed by atoms with Crippen molar-refractivity contribution in [3.8, 4) is 0 Å². The standard InChI is InChI=1S/C17H30N2O.C6H13NO.CH3NO/c1-4-11-19-17(20)14(2)16(10-5-6-12-18-3)13-15-8-7-9-15;1-6(2,3)5(7)4-8;2-1-3/h4,15-16,18H,1-2,5-13H2,3H3,(H,19,20);4-5H,7H2,1-3H3;1H,(H2,2,3). The first-order valence-corrected chi connectivity index (χ1v) is 11.2. The van der Waals surface area contributed by atoms with Crippen molar-refractivity contribution in [3.05, 3.63) is 24.8 Å². The second kappa shape index (κ2) is 18.8. The van der Waals surface area contributed by atoms with Crippen molar-refractivity contribution in [3.63, 3.8) is 0 Å². The lowest BCUT2D eigenvalue weighted by atomic mass is 9.76. The van der Waals surface area contributed by atoms with Gasteiger partial charge in [-0.2, -0.15) is 0 Å². The van der Waals surface area contributed by atoms with Gasteiger partial charge in [0.05, 0.1) is 6.04 Å². The van der Waals surface area contributed by atoms with E-state index in [-0.39, 0.29) is 23.8 Å². The van der Waals surface area contributed by atoms with Crippen LogP contribution in [0.4, 0.5) is 0 Å². The molecular formula is C24H46N4O3. The Balaban J connectivity index is 0. The molecule has 31 heavy (non-hydrogen) atoms. The van der Waals surface area contributed by atoms with Crippen molar-refractivity contribution in [2.45, 2.75) is 71.8 Å². The van der Waals surface area contributed by atoms with Gasteiger partial charge in [0, 0.05) is 12.1 Å². The predicted octanol–water partition coefficient (Wildman–Crippen LogP) is 2.70. The number of amides is 2. The molecule has 0 aromatic rings. The van der Waals surface area contributed by atoms with Crippen LogP contribution >= 0.6 is 0 Å². The molecular weight excluding hydrogens is 392 g/mol. The average molecular weight is 439 g/mol. The van der Waals surface area contributed by atoms with Crippen LogP contribution < -0.4 is 22.1 Å². The summed E-state index contributed by atoms with van der Waals surface area (Å²) in [5, 5.41) is 6.03. The molecule has 2 unspecified atom stereocenters. The predicted molar refractivity (Wildman–Crippen MR) is 129 cm³/mol. The van der Waals surface area contributed by atoms with E-state index in [4.69, 9.17) is 10.5 Å². The first kappa shape index (κ1) is 31.2. The minimum absolute atomic E-state index is 0.00263. The molecule has 0 aliphatic heterocycles. The summed E-state index contributed by atoms with van der Waals surface area (Å²) in [4.78, 5) is 30.7. The molecule has 0 radical (unpaired) electrons. The van der Waals surface area contributed by atoms with Crippen LogP contribution in [-0.4, -0.2) is 44.8 Å². The van der Waals surface area contributed by atoms with Gasteiger partial charge in [0.15, 0.2) is 0 Å². The molecule has 7 nitrogen and oxygen atoms in total. The molecule has 0 aromatic carbocycles. The minimum Gasteiger partial charge on any atom is -0.372 e. The average Bonchev–Trinajstić information content (AvgIpc) is 2.69. The smallest absolute Gasteiger partial charge is 0.247 e. The van der Waals surface area contributed by atoms with Crippen molar-refractivity contribution >= 4 is 18.6 Å². The first-order chi connectivity index (χ1) is 14.6. The number of primary amides is 1. The minimum atomic E-state index is -0.331. The van der Waals surface area contributed by atoms with Crippen molar-refractivity contribution in [1.82, 2.24) is 10.6 Å². The lowest BCUT2D eigenvalue weighted by molar-refractivity contribution is -0.118. The Hall–Kier alpha value is -1.99. The van der Waals surface area contributed by atoms with Crippen molar-refractivity contribution in [2.75, 3.05) is 20.1 Å². The topological polar surface area (TPSA) is 127 Å². The van der Waals surface area contributed by atoms with Crippen molar-refractivity contribution < 1.29 is 14.4 Å². The maximum absolute atomic E-state index is 12.0. The van der Waals surface area contributed by atoms with E-state index in [1.807, 2.05) is 27.8 Å². The summed E-state index contributed by atoms with van der Waals surface area (Å²) in [7, 11) is 1.98. The molecule has 1 aliphatic carbocycles. The monoisotopic (exact) mass is 438 g/mol. The van der Waals surface area contributed by atoms with E-state index in [0.717, 1.165) is 43.6 Å². The van der Waals surface area contributed by atoms with E-state index < -0.39 is 0 Å². The number of hydrogen-bond donors (Lipinski definition) is 4. The quantitative estimate of drug-likeness (QED) is 0.161. The van der Waals surface area contributed by atoms with E-state index in [1.54, 1.807) is 6.08 Å². The van der Waals surface area contributed by atoms with Crippen LogP contribution in [0.3, 0.4) is 0 Å². The van der Waals surface area contributed by atoms with Gasteiger partial charge in [-0.25, -0.2) is 0 Å². The van der Waals surface area contributed by atoms with E-state index in [1.165, 1.54) is 25.7 Å². The number of nitrogens with two attached hydrogens (primary N) is 2. The second-order valence-electron chi connectivity index (χ2n) is 9.02. The Morgan fingerprint density at radius 2 is 1.81 bits per heavy atom. The Labute approximate surface area is 189 Å². The highest BCUT2D eigenvalue weighted by atomic mass is 16.1. The number of unbranched alkanes of at least 4 members (excludes halogenated alkanes) is 1.